The van der Waals surface area contributed by atoms with Crippen molar-refractivity contribution < 1.29 is 5.11 Å². The van der Waals surface area contributed by atoms with Crippen LogP contribution in [0, 0.1) is 0 Å². The molecule has 0 amide bonds. The van der Waals surface area contributed by atoms with Gasteiger partial charge in [-0.2, -0.15) is 0 Å². The Labute approximate surface area is 102 Å². The molecular weight excluding hydrogens is 208 g/mol. The number of rotatable bonds is 3. The fraction of sp³-hybridized carbons (Fsp3) is 0.125. The maximum absolute atomic E-state index is 9.27. The lowest BCUT2D eigenvalue weighted by Gasteiger charge is -2.05. The van der Waals surface area contributed by atoms with Gasteiger partial charge >= 0.3 is 0 Å². The molecular formula is C16H16O. The monoisotopic (exact) mass is 224 g/mol. The van der Waals surface area contributed by atoms with E-state index in [2.05, 4.69) is 37.8 Å². The van der Waals surface area contributed by atoms with Gasteiger partial charge in [0.2, 0.25) is 0 Å². The van der Waals surface area contributed by atoms with Gasteiger partial charge in [-0.25, -0.2) is 0 Å². The average Bonchev–Trinajstić information content (AvgIpc) is 2.39. The lowest BCUT2D eigenvalue weighted by molar-refractivity contribution is 0.514. The third-order valence-electron chi connectivity index (χ3n) is 2.89. The smallest absolute Gasteiger partial charge is 0.115 e. The van der Waals surface area contributed by atoms with Gasteiger partial charge in [0.25, 0.3) is 0 Å². The number of benzene rings is 2. The van der Waals surface area contributed by atoms with Gasteiger partial charge in [-0.15, -0.1) is 0 Å². The molecule has 0 saturated heterocycles. The average molecular weight is 224 g/mol. The van der Waals surface area contributed by atoms with Crippen LogP contribution < -0.4 is 0 Å². The minimum absolute atomic E-state index is 0.110. The van der Waals surface area contributed by atoms with Crippen molar-refractivity contribution in [3.8, 4) is 11.1 Å². The SMILES string of the molecule is C=C(O)c1ccc(-c2cccc(CC)c2)cc1. The summed E-state index contributed by atoms with van der Waals surface area (Å²) < 4.78 is 0. The normalized spacial score (nSPS) is 10.2. The van der Waals surface area contributed by atoms with Crippen LogP contribution in [0.2, 0.25) is 0 Å². The van der Waals surface area contributed by atoms with Crippen molar-refractivity contribution in [2.24, 2.45) is 0 Å². The molecule has 0 aliphatic carbocycles. The fourth-order valence-corrected chi connectivity index (χ4v) is 1.83. The topological polar surface area (TPSA) is 20.2 Å². The highest BCUT2D eigenvalue weighted by Crippen LogP contribution is 2.22. The molecule has 1 nitrogen and oxygen atoms in total. The second-order valence-corrected chi connectivity index (χ2v) is 4.08. The first-order chi connectivity index (χ1) is 8.20. The van der Waals surface area contributed by atoms with Gasteiger partial charge in [-0.1, -0.05) is 62.0 Å². The Balaban J connectivity index is 2.36. The molecule has 1 N–H and O–H groups in total. The molecule has 17 heavy (non-hydrogen) atoms. The molecule has 2 aromatic rings. The Hall–Kier alpha value is -2.02. The first kappa shape index (κ1) is 11.5. The van der Waals surface area contributed by atoms with E-state index in [-0.39, 0.29) is 5.76 Å². The Kier molecular flexibility index (Phi) is 3.29. The van der Waals surface area contributed by atoms with Crippen LogP contribution >= 0.6 is 0 Å². The molecule has 0 aliphatic heterocycles. The number of aliphatic hydroxyl groups is 1. The summed E-state index contributed by atoms with van der Waals surface area (Å²) in [4.78, 5) is 0. The fourth-order valence-electron chi connectivity index (χ4n) is 1.83. The zero-order valence-electron chi connectivity index (χ0n) is 9.98. The summed E-state index contributed by atoms with van der Waals surface area (Å²) in [7, 11) is 0. The first-order valence-corrected chi connectivity index (χ1v) is 5.78. The molecule has 0 aliphatic rings. The van der Waals surface area contributed by atoms with Gasteiger partial charge in [-0.05, 0) is 23.1 Å². The van der Waals surface area contributed by atoms with Gasteiger partial charge < -0.3 is 5.11 Å². The van der Waals surface area contributed by atoms with Crippen LogP contribution in [0.25, 0.3) is 16.9 Å². The summed E-state index contributed by atoms with van der Waals surface area (Å²) in [5.74, 6) is 0.110. The number of aryl methyl sites for hydroxylation is 1. The lowest BCUT2D eigenvalue weighted by Crippen LogP contribution is -1.84. The highest BCUT2D eigenvalue weighted by atomic mass is 16.3. The van der Waals surface area contributed by atoms with Crippen molar-refractivity contribution in [3.05, 3.63) is 66.2 Å². The minimum Gasteiger partial charge on any atom is -0.508 e. The molecule has 86 valence electrons. The predicted octanol–water partition coefficient (Wildman–Crippen LogP) is 4.44. The van der Waals surface area contributed by atoms with Gasteiger partial charge in [0.05, 0.1) is 0 Å². The van der Waals surface area contributed by atoms with Gasteiger partial charge in [-0.3, -0.25) is 0 Å². The van der Waals surface area contributed by atoms with E-state index in [9.17, 15) is 5.11 Å². The van der Waals surface area contributed by atoms with E-state index in [0.29, 0.717) is 0 Å². The molecule has 2 aromatic carbocycles. The van der Waals surface area contributed by atoms with Crippen molar-refractivity contribution >= 4 is 5.76 Å². The Morgan fingerprint density at radius 1 is 1.06 bits per heavy atom. The number of hydrogen-bond acceptors (Lipinski definition) is 1. The third kappa shape index (κ3) is 2.56. The van der Waals surface area contributed by atoms with Crippen LogP contribution in [-0.2, 0) is 6.42 Å². The van der Waals surface area contributed by atoms with Crippen LogP contribution in [0.5, 0.6) is 0 Å². The molecule has 0 aromatic heterocycles. The zero-order chi connectivity index (χ0) is 12.3. The van der Waals surface area contributed by atoms with E-state index in [1.54, 1.807) is 0 Å². The second-order valence-electron chi connectivity index (χ2n) is 4.08. The summed E-state index contributed by atoms with van der Waals surface area (Å²) >= 11 is 0. The van der Waals surface area contributed by atoms with Crippen LogP contribution in [0.1, 0.15) is 18.1 Å². The van der Waals surface area contributed by atoms with Gasteiger partial charge in [0.1, 0.15) is 5.76 Å². The van der Waals surface area contributed by atoms with Crippen molar-refractivity contribution in [3.63, 3.8) is 0 Å². The van der Waals surface area contributed by atoms with Crippen molar-refractivity contribution in [1.29, 1.82) is 0 Å². The third-order valence-corrected chi connectivity index (χ3v) is 2.89. The summed E-state index contributed by atoms with van der Waals surface area (Å²) in [6.45, 7) is 5.66. The van der Waals surface area contributed by atoms with E-state index < -0.39 is 0 Å². The summed E-state index contributed by atoms with van der Waals surface area (Å²) in [6, 6.07) is 16.3. The van der Waals surface area contributed by atoms with Crippen LogP contribution in [-0.4, -0.2) is 5.11 Å². The molecule has 0 fully saturated rings. The Morgan fingerprint density at radius 3 is 2.35 bits per heavy atom. The van der Waals surface area contributed by atoms with E-state index in [1.165, 1.54) is 11.1 Å². The van der Waals surface area contributed by atoms with Crippen LogP contribution in [0.15, 0.2) is 55.1 Å². The van der Waals surface area contributed by atoms with E-state index in [1.807, 2.05) is 24.3 Å². The number of aliphatic hydroxyl groups excluding tert-OH is 1. The summed E-state index contributed by atoms with van der Waals surface area (Å²) in [5, 5.41) is 9.27. The summed E-state index contributed by atoms with van der Waals surface area (Å²) in [5.41, 5.74) is 4.46. The molecule has 0 unspecified atom stereocenters. The van der Waals surface area contributed by atoms with Gasteiger partial charge in [0.15, 0.2) is 0 Å². The Morgan fingerprint density at radius 2 is 1.76 bits per heavy atom. The van der Waals surface area contributed by atoms with E-state index >= 15 is 0 Å². The molecule has 1 heteroatoms. The zero-order valence-corrected chi connectivity index (χ0v) is 9.98. The summed E-state index contributed by atoms with van der Waals surface area (Å²) in [6.07, 6.45) is 1.04. The van der Waals surface area contributed by atoms with Gasteiger partial charge in [0, 0.05) is 5.56 Å². The molecule has 0 spiro atoms. The molecule has 0 heterocycles. The number of hydrogen-bond donors (Lipinski definition) is 1. The molecule has 2 rings (SSSR count). The van der Waals surface area contributed by atoms with Crippen molar-refractivity contribution in [2.75, 3.05) is 0 Å². The predicted molar refractivity (Wildman–Crippen MR) is 72.9 cm³/mol. The van der Waals surface area contributed by atoms with Crippen LogP contribution in [0.4, 0.5) is 0 Å². The molecule has 0 bridgehead atoms. The molecule has 0 radical (unpaired) electrons. The van der Waals surface area contributed by atoms with Crippen molar-refractivity contribution in [1.82, 2.24) is 0 Å². The maximum Gasteiger partial charge on any atom is 0.115 e. The van der Waals surface area contributed by atoms with Crippen molar-refractivity contribution in [2.45, 2.75) is 13.3 Å². The first-order valence-electron chi connectivity index (χ1n) is 5.78. The standard InChI is InChI=1S/C16H16O/c1-3-13-5-4-6-16(11-13)15-9-7-14(8-10-15)12(2)17/h4-11,17H,2-3H2,1H3. The van der Waals surface area contributed by atoms with Crippen LogP contribution in [0.3, 0.4) is 0 Å². The highest BCUT2D eigenvalue weighted by Gasteiger charge is 2.00. The highest BCUT2D eigenvalue weighted by molar-refractivity contribution is 5.67. The minimum atomic E-state index is 0.110. The van der Waals surface area contributed by atoms with E-state index in [4.69, 9.17) is 0 Å². The molecule has 0 atom stereocenters. The second kappa shape index (κ2) is 4.88. The maximum atomic E-state index is 9.27. The largest absolute Gasteiger partial charge is 0.508 e. The Bertz CT molecular complexity index is 523. The molecule has 0 saturated carbocycles. The lowest BCUT2D eigenvalue weighted by atomic mass is 10.0. The quantitative estimate of drug-likeness (QED) is 0.764. The van der Waals surface area contributed by atoms with E-state index in [0.717, 1.165) is 17.5 Å².